The first-order chi connectivity index (χ1) is 12.4. The quantitative estimate of drug-likeness (QED) is 0.802. The van der Waals surface area contributed by atoms with Gasteiger partial charge in [-0.25, -0.2) is 17.7 Å². The Hall–Kier alpha value is -1.84. The molecule has 1 saturated heterocycles. The smallest absolute Gasteiger partial charge is 0.223 e. The molecule has 3 heterocycles. The van der Waals surface area contributed by atoms with Crippen molar-refractivity contribution in [2.75, 3.05) is 25.9 Å². The number of carbonyl (C=O) groups excluding carboxylic acids is 1. The minimum absolute atomic E-state index is 0.000318. The third-order valence-corrected chi connectivity index (χ3v) is 6.62. The second-order valence-corrected chi connectivity index (χ2v) is 9.24. The predicted molar refractivity (Wildman–Crippen MR) is 101 cm³/mol. The van der Waals surface area contributed by atoms with Crippen molar-refractivity contribution in [1.82, 2.24) is 19.6 Å². The lowest BCUT2D eigenvalue weighted by atomic mass is 9.97. The lowest BCUT2D eigenvalue weighted by molar-refractivity contribution is -0.126. The lowest BCUT2D eigenvalue weighted by Crippen LogP contribution is -2.42. The minimum Gasteiger partial charge on any atom is -0.355 e. The van der Waals surface area contributed by atoms with E-state index in [0.29, 0.717) is 38.9 Å². The maximum Gasteiger partial charge on any atom is 0.223 e. The van der Waals surface area contributed by atoms with Crippen molar-refractivity contribution >= 4 is 27.3 Å². The van der Waals surface area contributed by atoms with Crippen LogP contribution in [0.3, 0.4) is 0 Å². The number of nitrogens with one attached hydrogen (secondary N) is 1. The van der Waals surface area contributed by atoms with Crippen molar-refractivity contribution in [3.63, 3.8) is 0 Å². The van der Waals surface area contributed by atoms with Crippen LogP contribution in [-0.2, 0) is 21.2 Å². The molecule has 1 aliphatic heterocycles. The molecule has 140 valence electrons. The summed E-state index contributed by atoms with van der Waals surface area (Å²) in [5.41, 5.74) is 1.70. The highest BCUT2D eigenvalue weighted by Gasteiger charge is 2.28. The van der Waals surface area contributed by atoms with Crippen molar-refractivity contribution < 1.29 is 13.2 Å². The summed E-state index contributed by atoms with van der Waals surface area (Å²) in [5.74, 6) is -0.118. The molecule has 0 spiro atoms. The molecular formula is C17H22N4O3S2. The van der Waals surface area contributed by atoms with E-state index >= 15 is 0 Å². The van der Waals surface area contributed by atoms with Crippen LogP contribution < -0.4 is 5.32 Å². The maximum atomic E-state index is 12.3. The highest BCUT2D eigenvalue weighted by Crippen LogP contribution is 2.21. The predicted octanol–water partition coefficient (Wildman–Crippen LogP) is 1.54. The van der Waals surface area contributed by atoms with Crippen LogP contribution in [0.1, 0.15) is 17.8 Å². The summed E-state index contributed by atoms with van der Waals surface area (Å²) in [5, 5.41) is 5.88. The van der Waals surface area contributed by atoms with Crippen molar-refractivity contribution in [3.05, 3.63) is 34.8 Å². The van der Waals surface area contributed by atoms with Crippen LogP contribution in [0.15, 0.2) is 29.8 Å². The average Bonchev–Trinajstić information content (AvgIpc) is 3.11. The fourth-order valence-corrected chi connectivity index (χ4v) is 4.61. The van der Waals surface area contributed by atoms with Gasteiger partial charge < -0.3 is 5.32 Å². The van der Waals surface area contributed by atoms with Gasteiger partial charge in [-0.15, -0.1) is 11.3 Å². The number of hydrogen-bond acceptors (Lipinski definition) is 6. The van der Waals surface area contributed by atoms with Crippen molar-refractivity contribution in [1.29, 1.82) is 0 Å². The number of amides is 1. The molecule has 0 unspecified atom stereocenters. The van der Waals surface area contributed by atoms with E-state index in [4.69, 9.17) is 0 Å². The van der Waals surface area contributed by atoms with Crippen LogP contribution in [0.5, 0.6) is 0 Å². The van der Waals surface area contributed by atoms with Gasteiger partial charge in [-0.3, -0.25) is 9.78 Å². The molecule has 0 aliphatic carbocycles. The number of carbonyl (C=O) groups is 1. The van der Waals surface area contributed by atoms with Gasteiger partial charge in [0.2, 0.25) is 15.9 Å². The topological polar surface area (TPSA) is 92.3 Å². The normalized spacial score (nSPS) is 16.5. The Balaban J connectivity index is 1.44. The van der Waals surface area contributed by atoms with E-state index in [0.717, 1.165) is 16.4 Å². The van der Waals surface area contributed by atoms with Gasteiger partial charge in [0.1, 0.15) is 0 Å². The summed E-state index contributed by atoms with van der Waals surface area (Å²) in [7, 11) is -3.16. The van der Waals surface area contributed by atoms with E-state index in [-0.39, 0.29) is 11.8 Å². The van der Waals surface area contributed by atoms with Crippen molar-refractivity contribution in [3.8, 4) is 11.4 Å². The Labute approximate surface area is 157 Å². The van der Waals surface area contributed by atoms with Gasteiger partial charge >= 0.3 is 0 Å². The zero-order valence-corrected chi connectivity index (χ0v) is 16.2. The molecule has 2 aromatic heterocycles. The van der Waals surface area contributed by atoms with Crippen LogP contribution >= 0.6 is 11.3 Å². The van der Waals surface area contributed by atoms with Crippen molar-refractivity contribution in [2.24, 2.45) is 5.92 Å². The van der Waals surface area contributed by atoms with E-state index in [1.807, 2.05) is 23.6 Å². The first kappa shape index (κ1) is 18.9. The number of pyridine rings is 1. The summed E-state index contributed by atoms with van der Waals surface area (Å²) >= 11 is 1.56. The standard InChI is InChI=1S/C17H22N4O3S2/c1-26(23,24)21-10-6-13(7-11-21)17(22)19-9-5-16-20-15(12-25-16)14-4-2-3-8-18-14/h2-4,8,12-13H,5-7,9-11H2,1H3,(H,19,22). The second-order valence-electron chi connectivity index (χ2n) is 6.32. The number of thiazole rings is 1. The Morgan fingerprint density at radius 2 is 2.08 bits per heavy atom. The molecule has 9 heteroatoms. The molecular weight excluding hydrogens is 372 g/mol. The molecule has 0 aromatic carbocycles. The summed E-state index contributed by atoms with van der Waals surface area (Å²) in [6.07, 6.45) is 4.76. The van der Waals surface area contributed by atoms with E-state index in [1.165, 1.54) is 10.6 Å². The minimum atomic E-state index is -3.16. The molecule has 1 amide bonds. The fraction of sp³-hybridized carbons (Fsp3) is 0.471. The molecule has 3 rings (SSSR count). The molecule has 1 fully saturated rings. The number of rotatable bonds is 6. The van der Waals surface area contributed by atoms with Gasteiger partial charge in [-0.2, -0.15) is 0 Å². The lowest BCUT2D eigenvalue weighted by Gasteiger charge is -2.29. The van der Waals surface area contributed by atoms with Gasteiger partial charge in [0.15, 0.2) is 0 Å². The molecule has 26 heavy (non-hydrogen) atoms. The highest BCUT2D eigenvalue weighted by atomic mass is 32.2. The van der Waals surface area contributed by atoms with Gasteiger partial charge in [-0.1, -0.05) is 6.07 Å². The molecule has 0 radical (unpaired) electrons. The Morgan fingerprint density at radius 1 is 1.31 bits per heavy atom. The van der Waals surface area contributed by atoms with E-state index < -0.39 is 10.0 Å². The first-order valence-corrected chi connectivity index (χ1v) is 11.2. The van der Waals surface area contributed by atoms with E-state index in [2.05, 4.69) is 15.3 Å². The van der Waals surface area contributed by atoms with Gasteiger partial charge in [0.25, 0.3) is 0 Å². The maximum absolute atomic E-state index is 12.3. The summed E-state index contributed by atoms with van der Waals surface area (Å²) < 4.78 is 24.5. The molecule has 0 bridgehead atoms. The molecule has 7 nitrogen and oxygen atoms in total. The van der Waals surface area contributed by atoms with Crippen molar-refractivity contribution in [2.45, 2.75) is 19.3 Å². The number of sulfonamides is 1. The van der Waals surface area contributed by atoms with Gasteiger partial charge in [-0.05, 0) is 25.0 Å². The van der Waals surface area contributed by atoms with E-state index in [9.17, 15) is 13.2 Å². The molecule has 0 saturated carbocycles. The largest absolute Gasteiger partial charge is 0.355 e. The van der Waals surface area contributed by atoms with Crippen LogP contribution in [0.2, 0.25) is 0 Å². The average molecular weight is 395 g/mol. The zero-order chi connectivity index (χ0) is 18.6. The van der Waals surface area contributed by atoms with E-state index in [1.54, 1.807) is 17.5 Å². The number of hydrogen-bond donors (Lipinski definition) is 1. The number of nitrogens with zero attached hydrogens (tertiary/aromatic N) is 3. The highest BCUT2D eigenvalue weighted by molar-refractivity contribution is 7.88. The SMILES string of the molecule is CS(=O)(=O)N1CCC(C(=O)NCCc2nc(-c3ccccn3)cs2)CC1. The molecule has 1 aliphatic rings. The third kappa shape index (κ3) is 4.87. The second kappa shape index (κ2) is 8.24. The zero-order valence-electron chi connectivity index (χ0n) is 14.6. The Bertz CT molecular complexity index is 844. The third-order valence-electron chi connectivity index (χ3n) is 4.41. The Morgan fingerprint density at radius 3 is 2.73 bits per heavy atom. The monoisotopic (exact) mass is 394 g/mol. The van der Waals surface area contributed by atoms with Crippen LogP contribution in [0.25, 0.3) is 11.4 Å². The van der Waals surface area contributed by atoms with Crippen LogP contribution in [0, 0.1) is 5.92 Å². The van der Waals surface area contributed by atoms with Gasteiger partial charge in [0.05, 0.1) is 22.7 Å². The molecule has 1 N–H and O–H groups in total. The number of aromatic nitrogens is 2. The molecule has 2 aromatic rings. The summed E-state index contributed by atoms with van der Waals surface area (Å²) in [6.45, 7) is 1.36. The first-order valence-electron chi connectivity index (χ1n) is 8.52. The summed E-state index contributed by atoms with van der Waals surface area (Å²) in [4.78, 5) is 21.1. The number of piperidine rings is 1. The summed E-state index contributed by atoms with van der Waals surface area (Å²) in [6, 6.07) is 5.72. The van der Waals surface area contributed by atoms with Crippen LogP contribution in [0.4, 0.5) is 0 Å². The van der Waals surface area contributed by atoms with Crippen LogP contribution in [-0.4, -0.2) is 54.5 Å². The fourth-order valence-electron chi connectivity index (χ4n) is 2.94. The molecule has 0 atom stereocenters. The van der Waals surface area contributed by atoms with Gasteiger partial charge in [0, 0.05) is 43.5 Å². The Kier molecular flexibility index (Phi) is 6.00.